The molecule has 714 valence electrons. The molecule has 0 spiro atoms. The number of Topliss-reactive ketones (excluding diaryl/α,β-unsaturated/α-hetero) is 2. The first kappa shape index (κ1) is 99.8. The van der Waals surface area contributed by atoms with E-state index in [2.05, 4.69) is 173 Å². The van der Waals surface area contributed by atoms with Gasteiger partial charge in [-0.25, -0.2) is 59.8 Å². The minimum Gasteiger partial charge on any atom is -0.340 e. The average molecular weight is 1900 g/mol. The molecule has 12 aromatic carbocycles. The second-order valence-electron chi connectivity index (χ2n) is 34.1. The first-order chi connectivity index (χ1) is 70.2. The molecular formula is C119H109N21O4. The third kappa shape index (κ3) is 30.2. The van der Waals surface area contributed by atoms with Gasteiger partial charge in [0.1, 0.15) is 72.9 Å². The third-order valence-corrected chi connectivity index (χ3v) is 22.9. The van der Waals surface area contributed by atoms with Gasteiger partial charge in [-0.05, 0) is 195 Å². The lowest BCUT2D eigenvalue weighted by molar-refractivity contribution is 0.0723. The molecule has 0 radical (unpaired) electrons. The van der Waals surface area contributed by atoms with Gasteiger partial charge in [-0.1, -0.05) is 228 Å². The number of likely N-dealkylation sites (tertiary alicyclic amines) is 1. The molecule has 19 aromatic rings. The van der Waals surface area contributed by atoms with Gasteiger partial charge in [0.2, 0.25) is 0 Å². The van der Waals surface area contributed by atoms with Gasteiger partial charge >= 0.3 is 0 Å². The fourth-order valence-electron chi connectivity index (χ4n) is 14.9. The number of ketones is 2. The third-order valence-electron chi connectivity index (χ3n) is 22.9. The molecular weight excluding hydrogens is 1790 g/mol. The summed E-state index contributed by atoms with van der Waals surface area (Å²) in [4.78, 5) is 106. The van der Waals surface area contributed by atoms with E-state index >= 15 is 0 Å². The zero-order valence-corrected chi connectivity index (χ0v) is 81.2. The second kappa shape index (κ2) is 50.6. The van der Waals surface area contributed by atoms with Crippen LogP contribution in [0.1, 0.15) is 114 Å². The Labute approximate surface area is 838 Å². The molecule has 0 atom stereocenters. The number of nitrogens with zero attached hydrogens (tertiary/aromatic N) is 14. The standard InChI is InChI=1S/C24H20N4O.C23H24N4O.C20H19N3O.C19H17N3O.C17H15N3.C16H14N4/c1-17-10-12-21(13-11-17)27-23-15-22(25-16-26-23)18-6-5-7-19(14-18)24(29)28-20-8-3-2-4-9-20;1-17-8-10-20(11-9-17)26-22-15-21(24-16-25-22)18-6-5-7-19(14-18)23(28)27-12-3-2-4-13-27;1-3-19(24)16-6-4-5-15(11-16)18-12-20(22-13-21-18)23-17-9-7-14(2)8-10-17;1-13-3-9-17(10-4-13)22-19-11-18(20-12-21-19)16-7-5-15(6-8-16)14(2)23;1-13-7-9-15(10-8-13)20-17-11-16(18-12-19-17)14-5-3-2-4-6-14;1-12-4-6-14(7-5-12)20-16-9-15(18-11-19-16)13-3-2-8-17-10-13/h2-16H,1H3,(H,28,29)(H,25,26,27);5-11,14-16H,2-4,12-13H2,1H3,(H,24,25,26);4-13H,3H2,1-2H3,(H,21,22,23);3-12H,1-2H3,(H,20,21,22);2-12H,1H3,(H,18,19,20);2-11H,1H3,(H,18,19,20). The van der Waals surface area contributed by atoms with Crippen LogP contribution in [0.5, 0.6) is 0 Å². The van der Waals surface area contributed by atoms with E-state index in [4.69, 9.17) is 0 Å². The SMILES string of the molecule is CC(=O)c1ccc(-c2cc(Nc3ccc(C)cc3)ncn2)cc1.CCC(=O)c1cccc(-c2cc(Nc3ccc(C)cc3)ncn2)c1.Cc1ccc(Nc2cc(-c3cccc(C(=O)N4CCCCC4)c3)ncn2)cc1.Cc1ccc(Nc2cc(-c3cccc(C(=O)Nc4ccccc4)c3)ncn2)cc1.Cc1ccc(Nc2cc(-c3ccccc3)ncn2)cc1.Cc1ccc(Nc2cc(-c3cccnc3)ncn2)cc1. The lowest BCUT2D eigenvalue weighted by Crippen LogP contribution is -2.35. The van der Waals surface area contributed by atoms with E-state index in [0.29, 0.717) is 34.5 Å². The zero-order valence-electron chi connectivity index (χ0n) is 81.2. The fourth-order valence-corrected chi connectivity index (χ4v) is 14.9. The van der Waals surface area contributed by atoms with Crippen LogP contribution >= 0.6 is 0 Å². The van der Waals surface area contributed by atoms with Crippen molar-refractivity contribution < 1.29 is 19.2 Å². The van der Waals surface area contributed by atoms with Crippen molar-refractivity contribution in [1.29, 1.82) is 0 Å². The van der Waals surface area contributed by atoms with Gasteiger partial charge in [0.15, 0.2) is 11.6 Å². The number of hydrogen-bond acceptors (Lipinski definition) is 23. The van der Waals surface area contributed by atoms with E-state index in [9.17, 15) is 19.2 Å². The van der Waals surface area contributed by atoms with E-state index in [1.807, 2.05) is 328 Å². The summed E-state index contributed by atoms with van der Waals surface area (Å²) >= 11 is 0. The van der Waals surface area contributed by atoms with Crippen LogP contribution in [0.3, 0.4) is 0 Å². The maximum absolute atomic E-state index is 12.8. The van der Waals surface area contributed by atoms with Crippen LogP contribution < -0.4 is 37.2 Å². The smallest absolute Gasteiger partial charge is 0.255 e. The predicted octanol–water partition coefficient (Wildman–Crippen LogP) is 27.2. The normalized spacial score (nSPS) is 11.0. The van der Waals surface area contributed by atoms with Gasteiger partial charge in [-0.2, -0.15) is 0 Å². The van der Waals surface area contributed by atoms with E-state index in [-0.39, 0.29) is 23.4 Å². The Kier molecular flexibility index (Phi) is 35.1. The summed E-state index contributed by atoms with van der Waals surface area (Å²) in [5.41, 5.74) is 27.2. The number of anilines is 13. The molecule has 1 aliphatic heterocycles. The molecule has 1 aliphatic rings. The van der Waals surface area contributed by atoms with Gasteiger partial charge in [-0.15, -0.1) is 0 Å². The Balaban J connectivity index is 0.000000131. The van der Waals surface area contributed by atoms with Crippen molar-refractivity contribution >= 4 is 98.1 Å². The molecule has 20 rings (SSSR count). The molecule has 0 unspecified atom stereocenters. The molecule has 144 heavy (non-hydrogen) atoms. The lowest BCUT2D eigenvalue weighted by Gasteiger charge is -2.26. The van der Waals surface area contributed by atoms with Crippen LogP contribution in [-0.4, -0.2) is 106 Å². The highest BCUT2D eigenvalue weighted by atomic mass is 16.2. The van der Waals surface area contributed by atoms with Crippen molar-refractivity contribution in [3.8, 4) is 67.5 Å². The number of aromatic nitrogens is 13. The summed E-state index contributed by atoms with van der Waals surface area (Å²) in [6, 6.07) is 114. The molecule has 7 aromatic heterocycles. The molecule has 25 heteroatoms. The van der Waals surface area contributed by atoms with Crippen LogP contribution in [0.2, 0.25) is 0 Å². The molecule has 7 N–H and O–H groups in total. The predicted molar refractivity (Wildman–Crippen MR) is 578 cm³/mol. The van der Waals surface area contributed by atoms with Crippen molar-refractivity contribution in [1.82, 2.24) is 69.7 Å². The fraction of sp³-hybridized carbons (Fsp3) is 0.118. The van der Waals surface area contributed by atoms with Gasteiger partial charge in [0, 0.05) is 164 Å². The van der Waals surface area contributed by atoms with Crippen LogP contribution in [0.4, 0.5) is 74.7 Å². The maximum atomic E-state index is 12.8. The number of benzene rings is 12. The van der Waals surface area contributed by atoms with E-state index in [1.54, 1.807) is 44.4 Å². The Morgan fingerprint density at radius 1 is 0.264 bits per heavy atom. The molecule has 8 heterocycles. The number of nitrogens with one attached hydrogen (secondary N) is 7. The number of aryl methyl sites for hydroxylation is 6. The summed E-state index contributed by atoms with van der Waals surface area (Å²) < 4.78 is 0. The molecule has 1 saturated heterocycles. The van der Waals surface area contributed by atoms with Gasteiger partial charge in [0.25, 0.3) is 11.8 Å². The Hall–Kier alpha value is -18.7. The van der Waals surface area contributed by atoms with Crippen LogP contribution in [0, 0.1) is 41.5 Å². The average Bonchev–Trinajstić information content (AvgIpc) is 0.827. The summed E-state index contributed by atoms with van der Waals surface area (Å²) in [5.74, 6) is 4.55. The van der Waals surface area contributed by atoms with E-state index in [0.717, 1.165) is 162 Å². The van der Waals surface area contributed by atoms with Crippen molar-refractivity contribution in [2.24, 2.45) is 0 Å². The van der Waals surface area contributed by atoms with Crippen molar-refractivity contribution in [2.75, 3.05) is 50.3 Å². The minimum absolute atomic E-state index is 0.0564. The van der Waals surface area contributed by atoms with Crippen LogP contribution in [0.15, 0.2) is 402 Å². The van der Waals surface area contributed by atoms with E-state index in [1.165, 1.54) is 58.8 Å². The molecule has 1 fully saturated rings. The number of piperidine rings is 1. The summed E-state index contributed by atoms with van der Waals surface area (Å²) in [6.45, 7) is 17.5. The summed E-state index contributed by atoms with van der Waals surface area (Å²) in [6.07, 6.45) is 16.7. The number of carbonyl (C=O) groups excluding carboxylic acids is 4. The summed E-state index contributed by atoms with van der Waals surface area (Å²) in [7, 11) is 0. The van der Waals surface area contributed by atoms with Gasteiger partial charge in [0.05, 0.1) is 34.2 Å². The highest BCUT2D eigenvalue weighted by Gasteiger charge is 2.20. The van der Waals surface area contributed by atoms with Crippen LogP contribution in [-0.2, 0) is 0 Å². The lowest BCUT2D eigenvalue weighted by atomic mass is 10.0. The number of rotatable bonds is 24. The number of amides is 2. The van der Waals surface area contributed by atoms with Gasteiger partial charge < -0.3 is 42.1 Å². The number of hydrogen-bond donors (Lipinski definition) is 7. The zero-order chi connectivity index (χ0) is 100. The summed E-state index contributed by atoms with van der Waals surface area (Å²) in [5, 5.41) is 22.6. The molecule has 2 amide bonds. The number of para-hydroxylation sites is 1. The highest BCUT2D eigenvalue weighted by Crippen LogP contribution is 2.31. The number of pyridine rings is 1. The molecule has 0 aliphatic carbocycles. The van der Waals surface area contributed by atoms with Crippen molar-refractivity contribution in [3.63, 3.8) is 0 Å². The van der Waals surface area contributed by atoms with Crippen molar-refractivity contribution in [3.05, 3.63) is 458 Å². The second-order valence-corrected chi connectivity index (χ2v) is 34.1. The first-order valence-electron chi connectivity index (χ1n) is 47.3. The van der Waals surface area contributed by atoms with Gasteiger partial charge in [-0.3, -0.25) is 24.2 Å². The number of carbonyl (C=O) groups is 4. The maximum Gasteiger partial charge on any atom is 0.255 e. The first-order valence-corrected chi connectivity index (χ1v) is 47.3. The molecule has 0 saturated carbocycles. The quantitative estimate of drug-likeness (QED) is 0.0276. The topological polar surface area (TPSA) is 323 Å². The Morgan fingerprint density at radius 3 is 0.889 bits per heavy atom. The van der Waals surface area contributed by atoms with E-state index < -0.39 is 0 Å². The molecule has 25 nitrogen and oxygen atoms in total. The molecule has 0 bridgehead atoms. The Morgan fingerprint density at radius 2 is 0.556 bits per heavy atom. The van der Waals surface area contributed by atoms with Crippen LogP contribution in [0.25, 0.3) is 67.5 Å². The largest absolute Gasteiger partial charge is 0.340 e. The highest BCUT2D eigenvalue weighted by molar-refractivity contribution is 6.05. The minimum atomic E-state index is -0.162. The monoisotopic (exact) mass is 1900 g/mol. The Bertz CT molecular complexity index is 7310. The van der Waals surface area contributed by atoms with Crippen molar-refractivity contribution in [2.45, 2.75) is 81.1 Å².